The van der Waals surface area contributed by atoms with Crippen LogP contribution in [0.1, 0.15) is 12.0 Å². The molecule has 2 heteroatoms. The fourth-order valence-corrected chi connectivity index (χ4v) is 1.77. The van der Waals surface area contributed by atoms with E-state index in [1.54, 1.807) is 0 Å². The van der Waals surface area contributed by atoms with E-state index in [0.29, 0.717) is 12.3 Å². The number of phenolic OH excluding ortho intramolecular Hbond substituents is 1. The molecule has 2 aromatic rings. The second-order valence-electron chi connectivity index (χ2n) is 3.72. The predicted octanol–water partition coefficient (Wildman–Crippen LogP) is 2.44. The molecule has 0 atom stereocenters. The largest absolute Gasteiger partial charge is 0.508 e. The lowest BCUT2D eigenvalue weighted by molar-refractivity contribution is 0.468. The maximum Gasteiger partial charge on any atom is 0.119 e. The highest BCUT2D eigenvalue weighted by Crippen LogP contribution is 2.25. The van der Waals surface area contributed by atoms with Crippen LogP contribution in [0.5, 0.6) is 5.75 Å². The summed E-state index contributed by atoms with van der Waals surface area (Å²) in [6, 6.07) is 11.9. The van der Waals surface area contributed by atoms with E-state index in [1.807, 2.05) is 30.3 Å². The van der Waals surface area contributed by atoms with Crippen LogP contribution in [-0.2, 0) is 6.42 Å². The van der Waals surface area contributed by atoms with Gasteiger partial charge in [0, 0.05) is 0 Å². The fraction of sp³-hybridized carbons (Fsp3) is 0.231. The zero-order valence-corrected chi connectivity index (χ0v) is 8.61. The first-order chi connectivity index (χ1) is 7.31. The lowest BCUT2D eigenvalue weighted by Gasteiger charge is -2.06. The van der Waals surface area contributed by atoms with Crippen LogP contribution in [0.4, 0.5) is 0 Å². The van der Waals surface area contributed by atoms with Crippen LogP contribution < -0.4 is 5.73 Å². The second kappa shape index (κ2) is 4.32. The molecule has 0 aliphatic rings. The van der Waals surface area contributed by atoms with Gasteiger partial charge in [0.05, 0.1) is 0 Å². The number of hydrogen-bond donors (Lipinski definition) is 2. The summed E-state index contributed by atoms with van der Waals surface area (Å²) in [6.07, 6.45) is 1.75. The van der Waals surface area contributed by atoms with Crippen molar-refractivity contribution >= 4 is 10.8 Å². The van der Waals surface area contributed by atoms with Crippen LogP contribution in [0, 0.1) is 0 Å². The maximum absolute atomic E-state index is 9.79. The summed E-state index contributed by atoms with van der Waals surface area (Å²) in [5.74, 6) is 0.377. The molecule has 0 saturated carbocycles. The van der Waals surface area contributed by atoms with E-state index in [9.17, 15) is 5.11 Å². The van der Waals surface area contributed by atoms with Crippen molar-refractivity contribution in [1.82, 2.24) is 0 Å². The first kappa shape index (κ1) is 9.99. The van der Waals surface area contributed by atoms with Crippen LogP contribution in [0.15, 0.2) is 36.4 Å². The van der Waals surface area contributed by atoms with E-state index in [-0.39, 0.29) is 0 Å². The summed E-state index contributed by atoms with van der Waals surface area (Å²) in [5, 5.41) is 12.0. The Morgan fingerprint density at radius 2 is 1.73 bits per heavy atom. The van der Waals surface area contributed by atoms with E-state index in [4.69, 9.17) is 5.73 Å². The molecule has 0 amide bonds. The van der Waals surface area contributed by atoms with Gasteiger partial charge in [-0.3, -0.25) is 0 Å². The summed E-state index contributed by atoms with van der Waals surface area (Å²) in [6.45, 7) is 0.659. The molecular weight excluding hydrogens is 186 g/mol. The molecule has 0 fully saturated rings. The SMILES string of the molecule is NCCCc1cc2ccccc2cc1O. The molecule has 0 spiro atoms. The Morgan fingerprint density at radius 1 is 1.07 bits per heavy atom. The van der Waals surface area contributed by atoms with Crippen molar-refractivity contribution in [3.8, 4) is 5.75 Å². The normalized spacial score (nSPS) is 10.7. The number of aryl methyl sites for hydroxylation is 1. The lowest BCUT2D eigenvalue weighted by atomic mass is 10.0. The van der Waals surface area contributed by atoms with Gasteiger partial charge in [0.25, 0.3) is 0 Å². The average molecular weight is 201 g/mol. The Hall–Kier alpha value is -1.54. The highest BCUT2D eigenvalue weighted by molar-refractivity contribution is 5.84. The summed E-state index contributed by atoms with van der Waals surface area (Å²) in [4.78, 5) is 0. The monoisotopic (exact) mass is 201 g/mol. The van der Waals surface area contributed by atoms with Crippen molar-refractivity contribution in [2.45, 2.75) is 12.8 Å². The highest BCUT2D eigenvalue weighted by Gasteiger charge is 2.02. The predicted molar refractivity (Wildman–Crippen MR) is 63.0 cm³/mol. The molecule has 0 bridgehead atoms. The third-order valence-electron chi connectivity index (χ3n) is 2.60. The smallest absolute Gasteiger partial charge is 0.119 e. The molecule has 0 aliphatic carbocycles. The third-order valence-corrected chi connectivity index (χ3v) is 2.60. The van der Waals surface area contributed by atoms with E-state index >= 15 is 0 Å². The maximum atomic E-state index is 9.79. The number of fused-ring (bicyclic) bond motifs is 1. The van der Waals surface area contributed by atoms with Crippen molar-refractivity contribution in [3.05, 3.63) is 42.0 Å². The van der Waals surface area contributed by atoms with Gasteiger partial charge in [-0.25, -0.2) is 0 Å². The van der Waals surface area contributed by atoms with Gasteiger partial charge in [0.15, 0.2) is 0 Å². The molecule has 2 rings (SSSR count). The van der Waals surface area contributed by atoms with Gasteiger partial charge in [0.1, 0.15) is 5.75 Å². The minimum atomic E-state index is 0.377. The standard InChI is InChI=1S/C13H15NO/c14-7-3-6-12-8-10-4-1-2-5-11(10)9-13(12)15/h1-2,4-5,8-9,15H,3,6-7,14H2. The molecule has 0 aliphatic heterocycles. The third kappa shape index (κ3) is 2.10. The van der Waals surface area contributed by atoms with Crippen LogP contribution in [0.25, 0.3) is 10.8 Å². The van der Waals surface area contributed by atoms with E-state index in [1.165, 1.54) is 5.39 Å². The minimum Gasteiger partial charge on any atom is -0.508 e. The molecule has 0 aromatic heterocycles. The number of nitrogens with two attached hydrogens (primary N) is 1. The average Bonchev–Trinajstić information content (AvgIpc) is 2.26. The summed E-state index contributed by atoms with van der Waals surface area (Å²) >= 11 is 0. The molecule has 15 heavy (non-hydrogen) atoms. The van der Waals surface area contributed by atoms with Gasteiger partial charge in [-0.2, -0.15) is 0 Å². The quantitative estimate of drug-likeness (QED) is 0.801. The number of rotatable bonds is 3. The number of aromatic hydroxyl groups is 1. The van der Waals surface area contributed by atoms with Gasteiger partial charge in [-0.1, -0.05) is 24.3 Å². The molecule has 0 radical (unpaired) electrons. The summed E-state index contributed by atoms with van der Waals surface area (Å²) < 4.78 is 0. The van der Waals surface area contributed by atoms with Gasteiger partial charge < -0.3 is 10.8 Å². The first-order valence-electron chi connectivity index (χ1n) is 5.22. The van der Waals surface area contributed by atoms with Crippen molar-refractivity contribution in [3.63, 3.8) is 0 Å². The molecular formula is C13H15NO. The Morgan fingerprint density at radius 3 is 2.40 bits per heavy atom. The summed E-state index contributed by atoms with van der Waals surface area (Å²) in [7, 11) is 0. The molecule has 0 unspecified atom stereocenters. The van der Waals surface area contributed by atoms with Gasteiger partial charge in [-0.05, 0) is 47.9 Å². The molecule has 2 nitrogen and oxygen atoms in total. The Bertz CT molecular complexity index is 465. The molecule has 0 saturated heterocycles. The van der Waals surface area contributed by atoms with E-state index < -0.39 is 0 Å². The van der Waals surface area contributed by atoms with E-state index in [2.05, 4.69) is 6.07 Å². The summed E-state index contributed by atoms with van der Waals surface area (Å²) in [5.41, 5.74) is 6.44. The van der Waals surface area contributed by atoms with Crippen LogP contribution in [-0.4, -0.2) is 11.7 Å². The van der Waals surface area contributed by atoms with Crippen molar-refractivity contribution in [2.24, 2.45) is 5.73 Å². The fourth-order valence-electron chi connectivity index (χ4n) is 1.77. The van der Waals surface area contributed by atoms with Crippen molar-refractivity contribution in [2.75, 3.05) is 6.54 Å². The molecule has 2 aromatic carbocycles. The Balaban J connectivity index is 2.43. The topological polar surface area (TPSA) is 46.2 Å². The number of benzene rings is 2. The van der Waals surface area contributed by atoms with Gasteiger partial charge in [0.2, 0.25) is 0 Å². The van der Waals surface area contributed by atoms with E-state index in [0.717, 1.165) is 23.8 Å². The lowest BCUT2D eigenvalue weighted by Crippen LogP contribution is -2.00. The molecule has 0 heterocycles. The zero-order valence-electron chi connectivity index (χ0n) is 8.61. The zero-order chi connectivity index (χ0) is 10.7. The van der Waals surface area contributed by atoms with Crippen molar-refractivity contribution < 1.29 is 5.11 Å². The van der Waals surface area contributed by atoms with Crippen molar-refractivity contribution in [1.29, 1.82) is 0 Å². The van der Waals surface area contributed by atoms with Crippen LogP contribution >= 0.6 is 0 Å². The van der Waals surface area contributed by atoms with Crippen LogP contribution in [0.2, 0.25) is 0 Å². The number of hydrogen-bond acceptors (Lipinski definition) is 2. The Labute approximate surface area is 89.3 Å². The molecule has 3 N–H and O–H groups in total. The highest BCUT2D eigenvalue weighted by atomic mass is 16.3. The first-order valence-corrected chi connectivity index (χ1v) is 5.22. The van der Waals surface area contributed by atoms with Gasteiger partial charge in [-0.15, -0.1) is 0 Å². The Kier molecular flexibility index (Phi) is 2.88. The minimum absolute atomic E-state index is 0.377. The van der Waals surface area contributed by atoms with Gasteiger partial charge >= 0.3 is 0 Å². The van der Waals surface area contributed by atoms with Crippen LogP contribution in [0.3, 0.4) is 0 Å². The number of phenols is 1. The molecule has 78 valence electrons. The second-order valence-corrected chi connectivity index (χ2v) is 3.72.